The highest BCUT2D eigenvalue weighted by atomic mass is 16.5. The molecule has 2 amide bonds. The smallest absolute Gasteiger partial charge is 0.310 e. The molecule has 17 heavy (non-hydrogen) atoms. The molecule has 0 saturated heterocycles. The number of ether oxygens (including phenoxy) is 1. The average molecular weight is 241 g/mol. The van der Waals surface area contributed by atoms with E-state index in [-0.39, 0.29) is 12.6 Å². The molecule has 0 bridgehead atoms. The quantitative estimate of drug-likeness (QED) is 0.371. The number of hydrogen-bond donors (Lipinski definition) is 2. The van der Waals surface area contributed by atoms with Crippen molar-refractivity contribution in [1.29, 1.82) is 5.26 Å². The van der Waals surface area contributed by atoms with Crippen molar-refractivity contribution in [3.63, 3.8) is 0 Å². The third kappa shape index (κ3) is 9.33. The van der Waals surface area contributed by atoms with Gasteiger partial charge in [0, 0.05) is 13.2 Å². The molecule has 0 rings (SSSR count). The highest BCUT2D eigenvalue weighted by molar-refractivity contribution is 6.35. The number of rotatable bonds is 7. The van der Waals surface area contributed by atoms with Crippen molar-refractivity contribution >= 4 is 11.8 Å². The van der Waals surface area contributed by atoms with Crippen LogP contribution >= 0.6 is 0 Å². The fourth-order valence-corrected chi connectivity index (χ4v) is 1.03. The van der Waals surface area contributed by atoms with Crippen molar-refractivity contribution < 1.29 is 14.3 Å². The summed E-state index contributed by atoms with van der Waals surface area (Å²) in [6, 6.07) is 1.72. The van der Waals surface area contributed by atoms with E-state index >= 15 is 0 Å². The van der Waals surface area contributed by atoms with Crippen molar-refractivity contribution in [3.8, 4) is 6.07 Å². The fourth-order valence-electron chi connectivity index (χ4n) is 1.03. The Morgan fingerprint density at radius 1 is 1.24 bits per heavy atom. The van der Waals surface area contributed by atoms with Gasteiger partial charge >= 0.3 is 11.8 Å². The number of unbranched alkanes of at least 4 members (excludes halogenated alkanes) is 1. The van der Waals surface area contributed by atoms with Crippen LogP contribution in [0.15, 0.2) is 0 Å². The lowest BCUT2D eigenvalue weighted by atomic mass is 10.3. The zero-order chi connectivity index (χ0) is 13.1. The molecule has 0 aliphatic rings. The molecule has 0 aliphatic heterocycles. The normalized spacial score (nSPS) is 9.76. The molecular weight excluding hydrogens is 222 g/mol. The Balaban J connectivity index is 3.45. The molecule has 0 aromatic heterocycles. The van der Waals surface area contributed by atoms with Crippen molar-refractivity contribution in [3.05, 3.63) is 0 Å². The Bertz CT molecular complexity index is 284. The SMILES string of the molecule is CC(C)OCCCCNC(=O)C(=O)NCC#N. The van der Waals surface area contributed by atoms with E-state index in [4.69, 9.17) is 10.00 Å². The van der Waals surface area contributed by atoms with Crippen LogP contribution in [0.25, 0.3) is 0 Å². The minimum atomic E-state index is -0.773. The van der Waals surface area contributed by atoms with E-state index in [2.05, 4.69) is 10.6 Å². The molecule has 0 aliphatic carbocycles. The van der Waals surface area contributed by atoms with Gasteiger partial charge in [-0.1, -0.05) is 0 Å². The minimum absolute atomic E-state index is 0.158. The standard InChI is InChI=1S/C11H19N3O3/c1-9(2)17-8-4-3-6-13-10(15)11(16)14-7-5-12/h9H,3-4,6-8H2,1-2H3,(H,13,15)(H,14,16). The molecule has 96 valence electrons. The van der Waals surface area contributed by atoms with E-state index in [9.17, 15) is 9.59 Å². The average Bonchev–Trinajstić information content (AvgIpc) is 2.29. The Kier molecular flexibility index (Phi) is 8.69. The second kappa shape index (κ2) is 9.60. The molecule has 0 radical (unpaired) electrons. The lowest BCUT2D eigenvalue weighted by Crippen LogP contribution is -2.40. The van der Waals surface area contributed by atoms with Crippen molar-refractivity contribution in [2.75, 3.05) is 19.7 Å². The summed E-state index contributed by atoms with van der Waals surface area (Å²) in [7, 11) is 0. The summed E-state index contributed by atoms with van der Waals surface area (Å²) < 4.78 is 5.32. The summed E-state index contributed by atoms with van der Waals surface area (Å²) >= 11 is 0. The molecule has 0 aromatic rings. The van der Waals surface area contributed by atoms with Crippen LogP contribution in [0.3, 0.4) is 0 Å². The summed E-state index contributed by atoms with van der Waals surface area (Å²) in [5.41, 5.74) is 0. The van der Waals surface area contributed by atoms with E-state index in [1.165, 1.54) is 0 Å². The third-order valence-electron chi connectivity index (χ3n) is 1.84. The monoisotopic (exact) mass is 241 g/mol. The highest BCUT2D eigenvalue weighted by Crippen LogP contribution is 1.93. The van der Waals surface area contributed by atoms with Gasteiger partial charge in [-0.2, -0.15) is 5.26 Å². The molecule has 0 spiro atoms. The summed E-state index contributed by atoms with van der Waals surface area (Å²) in [5, 5.41) is 12.8. The molecule has 6 nitrogen and oxygen atoms in total. The van der Waals surface area contributed by atoms with Gasteiger partial charge in [0.25, 0.3) is 0 Å². The molecular formula is C11H19N3O3. The molecule has 0 heterocycles. The van der Waals surface area contributed by atoms with Crippen LogP contribution in [0.4, 0.5) is 0 Å². The van der Waals surface area contributed by atoms with Crippen molar-refractivity contribution in [1.82, 2.24) is 10.6 Å². The first-order valence-corrected chi connectivity index (χ1v) is 5.62. The maximum Gasteiger partial charge on any atom is 0.310 e. The zero-order valence-corrected chi connectivity index (χ0v) is 10.3. The third-order valence-corrected chi connectivity index (χ3v) is 1.84. The van der Waals surface area contributed by atoms with E-state index in [0.29, 0.717) is 13.2 Å². The molecule has 0 unspecified atom stereocenters. The maximum absolute atomic E-state index is 11.1. The summed E-state index contributed by atoms with van der Waals surface area (Å²) in [6.45, 7) is 4.84. The number of nitrogens with zero attached hydrogens (tertiary/aromatic N) is 1. The van der Waals surface area contributed by atoms with Crippen molar-refractivity contribution in [2.45, 2.75) is 32.8 Å². The minimum Gasteiger partial charge on any atom is -0.379 e. The van der Waals surface area contributed by atoms with Gasteiger partial charge in [-0.15, -0.1) is 0 Å². The highest BCUT2D eigenvalue weighted by Gasteiger charge is 2.10. The molecule has 0 atom stereocenters. The number of carbonyl (C=O) groups is 2. The Morgan fingerprint density at radius 2 is 1.88 bits per heavy atom. The summed E-state index contributed by atoms with van der Waals surface area (Å²) in [5.74, 6) is -1.48. The van der Waals surface area contributed by atoms with Gasteiger partial charge in [-0.25, -0.2) is 0 Å². The first-order chi connectivity index (χ1) is 8.07. The second-order valence-corrected chi connectivity index (χ2v) is 3.72. The Labute approximate surface area is 101 Å². The van der Waals surface area contributed by atoms with E-state index < -0.39 is 11.8 Å². The first kappa shape index (κ1) is 15.4. The number of nitriles is 1. The van der Waals surface area contributed by atoms with Gasteiger partial charge in [0.15, 0.2) is 0 Å². The van der Waals surface area contributed by atoms with Crippen LogP contribution in [0.1, 0.15) is 26.7 Å². The number of amides is 2. The number of hydrogen-bond acceptors (Lipinski definition) is 4. The molecule has 6 heteroatoms. The van der Waals surface area contributed by atoms with Crippen molar-refractivity contribution in [2.24, 2.45) is 0 Å². The largest absolute Gasteiger partial charge is 0.379 e. The second-order valence-electron chi connectivity index (χ2n) is 3.72. The van der Waals surface area contributed by atoms with Crippen LogP contribution in [0, 0.1) is 11.3 Å². The Hall–Kier alpha value is -1.61. The van der Waals surface area contributed by atoms with Crippen LogP contribution in [0.5, 0.6) is 0 Å². The van der Waals surface area contributed by atoms with Gasteiger partial charge in [-0.05, 0) is 26.7 Å². The fraction of sp³-hybridized carbons (Fsp3) is 0.727. The van der Waals surface area contributed by atoms with Gasteiger partial charge in [-0.3, -0.25) is 9.59 Å². The topological polar surface area (TPSA) is 91.2 Å². The predicted octanol–water partition coefficient (Wildman–Crippen LogP) is -0.0524. The molecule has 0 aromatic carbocycles. The first-order valence-electron chi connectivity index (χ1n) is 5.62. The number of nitrogens with one attached hydrogen (secondary N) is 2. The van der Waals surface area contributed by atoms with Crippen LogP contribution < -0.4 is 10.6 Å². The predicted molar refractivity (Wildman–Crippen MR) is 62.0 cm³/mol. The molecule has 0 fully saturated rings. The van der Waals surface area contributed by atoms with Crippen LogP contribution in [-0.2, 0) is 14.3 Å². The van der Waals surface area contributed by atoms with E-state index in [1.807, 2.05) is 13.8 Å². The van der Waals surface area contributed by atoms with Gasteiger partial charge in [0.05, 0.1) is 12.2 Å². The number of carbonyl (C=O) groups excluding carboxylic acids is 2. The molecule has 2 N–H and O–H groups in total. The van der Waals surface area contributed by atoms with Crippen LogP contribution in [-0.4, -0.2) is 37.6 Å². The lowest BCUT2D eigenvalue weighted by molar-refractivity contribution is -0.139. The Morgan fingerprint density at radius 3 is 2.47 bits per heavy atom. The summed E-state index contributed by atoms with van der Waals surface area (Å²) in [6.07, 6.45) is 1.80. The zero-order valence-electron chi connectivity index (χ0n) is 10.3. The van der Waals surface area contributed by atoms with Gasteiger partial charge in [0.2, 0.25) is 0 Å². The maximum atomic E-state index is 11.1. The lowest BCUT2D eigenvalue weighted by Gasteiger charge is -2.07. The molecule has 0 saturated carbocycles. The van der Waals surface area contributed by atoms with E-state index in [0.717, 1.165) is 12.8 Å². The summed E-state index contributed by atoms with van der Waals surface area (Å²) in [4.78, 5) is 22.1. The van der Waals surface area contributed by atoms with E-state index in [1.54, 1.807) is 6.07 Å². The van der Waals surface area contributed by atoms with Gasteiger partial charge < -0.3 is 15.4 Å². The van der Waals surface area contributed by atoms with Crippen LogP contribution in [0.2, 0.25) is 0 Å². The van der Waals surface area contributed by atoms with Gasteiger partial charge in [0.1, 0.15) is 6.54 Å².